The van der Waals surface area contributed by atoms with Gasteiger partial charge in [0.25, 0.3) is 0 Å². The Hall–Kier alpha value is -0.0800. The molecule has 0 spiro atoms. The summed E-state index contributed by atoms with van der Waals surface area (Å²) in [6.07, 6.45) is 6.23. The zero-order chi connectivity index (χ0) is 10.6. The fraction of sp³-hybridized carbons (Fsp3) is 1.00. The van der Waals surface area contributed by atoms with Crippen molar-refractivity contribution in [3.8, 4) is 0 Å². The zero-order valence-corrected chi connectivity index (χ0v) is 9.84. The molecule has 0 bridgehead atoms. The van der Waals surface area contributed by atoms with E-state index in [2.05, 4.69) is 26.1 Å². The van der Waals surface area contributed by atoms with Crippen molar-refractivity contribution in [2.45, 2.75) is 65.0 Å². The molecule has 0 amide bonds. The summed E-state index contributed by atoms with van der Waals surface area (Å²) in [6, 6.07) is 0.921. The van der Waals surface area contributed by atoms with Gasteiger partial charge >= 0.3 is 0 Å². The van der Waals surface area contributed by atoms with Gasteiger partial charge < -0.3 is 10.4 Å². The van der Waals surface area contributed by atoms with E-state index in [0.717, 1.165) is 6.42 Å². The van der Waals surface area contributed by atoms with Gasteiger partial charge in [-0.05, 0) is 31.1 Å². The molecular formula is C12H25NO. The lowest BCUT2D eigenvalue weighted by Crippen LogP contribution is -2.44. The standard InChI is InChI=1S/C12H25NO/c1-4-10(9-14)13-11-6-5-7-12(2,3)8-11/h10-11,13-14H,4-9H2,1-3H3. The van der Waals surface area contributed by atoms with Gasteiger partial charge in [-0.15, -0.1) is 0 Å². The molecule has 0 saturated heterocycles. The highest BCUT2D eigenvalue weighted by Crippen LogP contribution is 2.35. The first-order valence-electron chi connectivity index (χ1n) is 5.94. The van der Waals surface area contributed by atoms with Crippen LogP contribution in [0.5, 0.6) is 0 Å². The fourth-order valence-corrected chi connectivity index (χ4v) is 2.47. The Bertz CT molecular complexity index is 164. The van der Waals surface area contributed by atoms with Crippen molar-refractivity contribution < 1.29 is 5.11 Å². The quantitative estimate of drug-likeness (QED) is 0.728. The maximum atomic E-state index is 9.12. The highest BCUT2D eigenvalue weighted by atomic mass is 16.3. The molecule has 1 fully saturated rings. The van der Waals surface area contributed by atoms with Gasteiger partial charge in [-0.25, -0.2) is 0 Å². The van der Waals surface area contributed by atoms with Gasteiger partial charge in [-0.2, -0.15) is 0 Å². The first-order valence-corrected chi connectivity index (χ1v) is 5.94. The van der Waals surface area contributed by atoms with Crippen molar-refractivity contribution in [1.29, 1.82) is 0 Å². The van der Waals surface area contributed by atoms with Crippen LogP contribution in [0.4, 0.5) is 0 Å². The average Bonchev–Trinajstić information content (AvgIpc) is 2.12. The second kappa shape index (κ2) is 5.13. The van der Waals surface area contributed by atoms with E-state index in [-0.39, 0.29) is 6.61 Å². The second-order valence-electron chi connectivity index (χ2n) is 5.41. The van der Waals surface area contributed by atoms with Gasteiger partial charge in [-0.3, -0.25) is 0 Å². The molecule has 2 unspecified atom stereocenters. The molecule has 1 rings (SSSR count). The maximum absolute atomic E-state index is 9.12. The van der Waals surface area contributed by atoms with Gasteiger partial charge in [0, 0.05) is 12.1 Å². The van der Waals surface area contributed by atoms with Crippen LogP contribution in [0.1, 0.15) is 52.9 Å². The van der Waals surface area contributed by atoms with E-state index < -0.39 is 0 Å². The summed E-state index contributed by atoms with van der Waals surface area (Å²) in [5.74, 6) is 0. The van der Waals surface area contributed by atoms with Gasteiger partial charge in [0.1, 0.15) is 0 Å². The van der Waals surface area contributed by atoms with Gasteiger partial charge in [-0.1, -0.05) is 27.2 Å². The van der Waals surface area contributed by atoms with E-state index in [1.165, 1.54) is 25.7 Å². The maximum Gasteiger partial charge on any atom is 0.0584 e. The molecule has 84 valence electrons. The van der Waals surface area contributed by atoms with E-state index in [0.29, 0.717) is 17.5 Å². The van der Waals surface area contributed by atoms with Crippen molar-refractivity contribution in [3.05, 3.63) is 0 Å². The van der Waals surface area contributed by atoms with E-state index in [9.17, 15) is 0 Å². The highest BCUT2D eigenvalue weighted by Gasteiger charge is 2.28. The van der Waals surface area contributed by atoms with Gasteiger partial charge in [0.05, 0.1) is 6.61 Å². The molecule has 0 aliphatic heterocycles. The van der Waals surface area contributed by atoms with Crippen molar-refractivity contribution in [2.75, 3.05) is 6.61 Å². The lowest BCUT2D eigenvalue weighted by atomic mass is 9.75. The Balaban J connectivity index is 2.37. The number of hydrogen-bond acceptors (Lipinski definition) is 2. The molecule has 1 aliphatic carbocycles. The third-order valence-corrected chi connectivity index (χ3v) is 3.39. The lowest BCUT2D eigenvalue weighted by Gasteiger charge is -2.37. The molecule has 0 aromatic rings. The molecule has 1 aliphatic rings. The fourth-order valence-electron chi connectivity index (χ4n) is 2.47. The van der Waals surface area contributed by atoms with Crippen LogP contribution in [0.3, 0.4) is 0 Å². The Kier molecular flexibility index (Phi) is 4.39. The predicted octanol–water partition coefficient (Wildman–Crippen LogP) is 2.32. The van der Waals surface area contributed by atoms with Crippen molar-refractivity contribution in [1.82, 2.24) is 5.32 Å². The third-order valence-electron chi connectivity index (χ3n) is 3.39. The second-order valence-corrected chi connectivity index (χ2v) is 5.41. The lowest BCUT2D eigenvalue weighted by molar-refractivity contribution is 0.164. The Morgan fingerprint density at radius 2 is 2.21 bits per heavy atom. The minimum absolute atomic E-state index is 0.271. The molecule has 2 atom stereocenters. The SMILES string of the molecule is CCC(CO)NC1CCCC(C)(C)C1. The van der Waals surface area contributed by atoms with Gasteiger partial charge in [0.2, 0.25) is 0 Å². The summed E-state index contributed by atoms with van der Waals surface area (Å²) in [7, 11) is 0. The zero-order valence-electron chi connectivity index (χ0n) is 9.84. The number of nitrogens with one attached hydrogen (secondary N) is 1. The summed E-state index contributed by atoms with van der Waals surface area (Å²) in [5, 5.41) is 12.7. The molecule has 2 nitrogen and oxygen atoms in total. The van der Waals surface area contributed by atoms with E-state index in [1.807, 2.05) is 0 Å². The van der Waals surface area contributed by atoms with E-state index >= 15 is 0 Å². The average molecular weight is 199 g/mol. The number of rotatable bonds is 4. The molecule has 1 saturated carbocycles. The van der Waals surface area contributed by atoms with Crippen LogP contribution >= 0.6 is 0 Å². The molecule has 0 radical (unpaired) electrons. The number of aliphatic hydroxyl groups excluding tert-OH is 1. The molecule has 0 aromatic carbocycles. The normalized spacial score (nSPS) is 28.7. The molecule has 2 heteroatoms. The van der Waals surface area contributed by atoms with Crippen LogP contribution in [0.15, 0.2) is 0 Å². The molecule has 2 N–H and O–H groups in total. The first kappa shape index (κ1) is 12.0. The van der Waals surface area contributed by atoms with Crippen LogP contribution in [-0.4, -0.2) is 23.8 Å². The summed E-state index contributed by atoms with van der Waals surface area (Å²) in [5.41, 5.74) is 0.490. The van der Waals surface area contributed by atoms with Crippen LogP contribution in [-0.2, 0) is 0 Å². The topological polar surface area (TPSA) is 32.3 Å². The van der Waals surface area contributed by atoms with E-state index in [1.54, 1.807) is 0 Å². The molecular weight excluding hydrogens is 174 g/mol. The molecule has 14 heavy (non-hydrogen) atoms. The van der Waals surface area contributed by atoms with Crippen molar-refractivity contribution in [2.24, 2.45) is 5.41 Å². The van der Waals surface area contributed by atoms with Crippen LogP contribution in [0, 0.1) is 5.41 Å². The van der Waals surface area contributed by atoms with Crippen molar-refractivity contribution >= 4 is 0 Å². The summed E-state index contributed by atoms with van der Waals surface area (Å²) < 4.78 is 0. The Labute approximate surface area is 88.1 Å². The summed E-state index contributed by atoms with van der Waals surface area (Å²) in [6.45, 7) is 7.09. The minimum atomic E-state index is 0.271. The minimum Gasteiger partial charge on any atom is -0.395 e. The van der Waals surface area contributed by atoms with Crippen LogP contribution < -0.4 is 5.32 Å². The highest BCUT2D eigenvalue weighted by molar-refractivity contribution is 4.85. The van der Waals surface area contributed by atoms with E-state index in [4.69, 9.17) is 5.11 Å². The third kappa shape index (κ3) is 3.58. The van der Waals surface area contributed by atoms with Crippen LogP contribution in [0.25, 0.3) is 0 Å². The number of hydrogen-bond donors (Lipinski definition) is 2. The van der Waals surface area contributed by atoms with Gasteiger partial charge in [0.15, 0.2) is 0 Å². The Morgan fingerprint density at radius 3 is 2.71 bits per heavy atom. The smallest absolute Gasteiger partial charge is 0.0584 e. The summed E-state index contributed by atoms with van der Waals surface area (Å²) in [4.78, 5) is 0. The van der Waals surface area contributed by atoms with Crippen molar-refractivity contribution in [3.63, 3.8) is 0 Å². The number of aliphatic hydroxyl groups is 1. The molecule has 0 aromatic heterocycles. The van der Waals surface area contributed by atoms with Crippen LogP contribution in [0.2, 0.25) is 0 Å². The first-order chi connectivity index (χ1) is 6.57. The summed E-state index contributed by atoms with van der Waals surface area (Å²) >= 11 is 0. The monoisotopic (exact) mass is 199 g/mol. The largest absolute Gasteiger partial charge is 0.395 e. The predicted molar refractivity (Wildman–Crippen MR) is 60.3 cm³/mol. The Morgan fingerprint density at radius 1 is 1.50 bits per heavy atom. The molecule has 0 heterocycles.